The van der Waals surface area contributed by atoms with Crippen LogP contribution in [0.25, 0.3) is 0 Å². The van der Waals surface area contributed by atoms with E-state index in [2.05, 4.69) is 5.32 Å². The maximum Gasteiger partial charge on any atom is 0.416 e. The Bertz CT molecular complexity index is 564. The molecule has 0 unspecified atom stereocenters. The van der Waals surface area contributed by atoms with Gasteiger partial charge in [0.15, 0.2) is 0 Å². The molecule has 1 N–H and O–H groups in total. The van der Waals surface area contributed by atoms with Gasteiger partial charge in [0.2, 0.25) is 0 Å². The molecule has 0 fully saturated rings. The maximum atomic E-state index is 12.5. The predicted molar refractivity (Wildman–Crippen MR) is 72.8 cm³/mol. The summed E-state index contributed by atoms with van der Waals surface area (Å²) in [5.41, 5.74) is 1.11. The zero-order valence-electron chi connectivity index (χ0n) is 12.0. The average molecular weight is 315 g/mol. The van der Waals surface area contributed by atoms with Crippen LogP contribution in [0, 0.1) is 0 Å². The molecule has 2 rings (SSSR count). The van der Waals surface area contributed by atoms with Crippen molar-refractivity contribution in [1.29, 1.82) is 0 Å². The van der Waals surface area contributed by atoms with Gasteiger partial charge in [-0.05, 0) is 17.7 Å². The van der Waals surface area contributed by atoms with Gasteiger partial charge in [0.25, 0.3) is 0 Å². The highest BCUT2D eigenvalue weighted by Gasteiger charge is 2.29. The number of rotatable bonds is 4. The Morgan fingerprint density at radius 2 is 2.00 bits per heavy atom. The summed E-state index contributed by atoms with van der Waals surface area (Å²) in [7, 11) is 1.30. The molecule has 0 amide bonds. The van der Waals surface area contributed by atoms with Crippen molar-refractivity contribution in [3.05, 3.63) is 46.7 Å². The van der Waals surface area contributed by atoms with E-state index < -0.39 is 17.7 Å². The lowest BCUT2D eigenvalue weighted by atomic mass is 10.1. The van der Waals surface area contributed by atoms with E-state index in [1.165, 1.54) is 19.2 Å². The maximum absolute atomic E-state index is 12.5. The van der Waals surface area contributed by atoms with E-state index in [0.717, 1.165) is 12.1 Å². The number of carbonyl (C=O) groups excluding carboxylic acids is 1. The minimum absolute atomic E-state index is 0.255. The number of alkyl halides is 3. The minimum atomic E-state index is -4.34. The van der Waals surface area contributed by atoms with Gasteiger partial charge in [-0.2, -0.15) is 13.2 Å². The number of halogens is 3. The Kier molecular flexibility index (Phi) is 5.07. The number of carbonyl (C=O) groups is 1. The number of ether oxygens (including phenoxy) is 2. The van der Waals surface area contributed by atoms with Crippen molar-refractivity contribution in [2.24, 2.45) is 0 Å². The first-order valence-electron chi connectivity index (χ1n) is 6.70. The highest BCUT2D eigenvalue weighted by molar-refractivity contribution is 5.89. The van der Waals surface area contributed by atoms with Crippen LogP contribution in [-0.2, 0) is 27.0 Å². The van der Waals surface area contributed by atoms with E-state index >= 15 is 0 Å². The van der Waals surface area contributed by atoms with Crippen molar-refractivity contribution in [3.63, 3.8) is 0 Å². The molecule has 22 heavy (non-hydrogen) atoms. The zero-order chi connectivity index (χ0) is 16.2. The SMILES string of the molecule is COC(=O)C1=C(NCc2ccc(C(F)(F)F)cc2)COCC1. The molecule has 0 spiro atoms. The summed E-state index contributed by atoms with van der Waals surface area (Å²) in [5.74, 6) is -0.418. The second-order valence-electron chi connectivity index (χ2n) is 4.80. The Labute approximate surface area is 125 Å². The molecule has 0 saturated heterocycles. The molecule has 0 aromatic heterocycles. The van der Waals surface area contributed by atoms with E-state index in [1.807, 2.05) is 0 Å². The lowest BCUT2D eigenvalue weighted by Gasteiger charge is -2.20. The Morgan fingerprint density at radius 3 is 2.59 bits per heavy atom. The van der Waals surface area contributed by atoms with Gasteiger partial charge in [-0.15, -0.1) is 0 Å². The number of hydrogen-bond acceptors (Lipinski definition) is 4. The lowest BCUT2D eigenvalue weighted by molar-refractivity contribution is -0.138. The van der Waals surface area contributed by atoms with Crippen LogP contribution >= 0.6 is 0 Å². The van der Waals surface area contributed by atoms with Crippen molar-refractivity contribution in [3.8, 4) is 0 Å². The Morgan fingerprint density at radius 1 is 1.32 bits per heavy atom. The van der Waals surface area contributed by atoms with Crippen LogP contribution < -0.4 is 5.32 Å². The van der Waals surface area contributed by atoms with Crippen molar-refractivity contribution in [2.75, 3.05) is 20.3 Å². The largest absolute Gasteiger partial charge is 0.466 e. The quantitative estimate of drug-likeness (QED) is 0.868. The van der Waals surface area contributed by atoms with E-state index in [-0.39, 0.29) is 6.61 Å². The molecule has 0 saturated carbocycles. The van der Waals surface area contributed by atoms with Crippen LogP contribution in [0.3, 0.4) is 0 Å². The van der Waals surface area contributed by atoms with Gasteiger partial charge in [-0.1, -0.05) is 12.1 Å². The fraction of sp³-hybridized carbons (Fsp3) is 0.400. The molecule has 0 aliphatic carbocycles. The van der Waals surface area contributed by atoms with Gasteiger partial charge < -0.3 is 14.8 Å². The van der Waals surface area contributed by atoms with Crippen LogP contribution in [0.1, 0.15) is 17.5 Å². The molecule has 1 heterocycles. The predicted octanol–water partition coefficient (Wildman–Crippen LogP) is 2.64. The summed E-state index contributed by atoms with van der Waals surface area (Å²) in [6.45, 7) is 0.998. The summed E-state index contributed by atoms with van der Waals surface area (Å²) in [4.78, 5) is 11.6. The third-order valence-electron chi connectivity index (χ3n) is 3.33. The zero-order valence-corrected chi connectivity index (χ0v) is 12.0. The monoisotopic (exact) mass is 315 g/mol. The Balaban J connectivity index is 2.05. The lowest BCUT2D eigenvalue weighted by Crippen LogP contribution is -2.27. The highest BCUT2D eigenvalue weighted by Crippen LogP contribution is 2.29. The van der Waals surface area contributed by atoms with Gasteiger partial charge in [0, 0.05) is 18.7 Å². The van der Waals surface area contributed by atoms with Crippen LogP contribution in [0.15, 0.2) is 35.5 Å². The molecular weight excluding hydrogens is 299 g/mol. The molecule has 7 heteroatoms. The van der Waals surface area contributed by atoms with Crippen molar-refractivity contribution in [1.82, 2.24) is 5.32 Å². The normalized spacial score (nSPS) is 15.6. The van der Waals surface area contributed by atoms with Crippen LogP contribution in [-0.4, -0.2) is 26.3 Å². The Hall–Kier alpha value is -2.02. The summed E-state index contributed by atoms with van der Waals surface area (Å²) in [5, 5.41) is 3.03. The second kappa shape index (κ2) is 6.83. The summed E-state index contributed by atoms with van der Waals surface area (Å²) < 4.78 is 47.4. The first-order valence-corrected chi connectivity index (χ1v) is 6.70. The molecule has 0 atom stereocenters. The molecule has 0 bridgehead atoms. The molecule has 4 nitrogen and oxygen atoms in total. The van der Waals surface area contributed by atoms with Crippen molar-refractivity contribution >= 4 is 5.97 Å². The molecule has 1 aromatic rings. The van der Waals surface area contributed by atoms with E-state index in [9.17, 15) is 18.0 Å². The number of nitrogens with one attached hydrogen (secondary N) is 1. The third-order valence-corrected chi connectivity index (χ3v) is 3.33. The van der Waals surface area contributed by atoms with E-state index in [0.29, 0.717) is 36.4 Å². The second-order valence-corrected chi connectivity index (χ2v) is 4.80. The standard InChI is InChI=1S/C15H16F3NO3/c1-21-14(20)12-6-7-22-9-13(12)19-8-10-2-4-11(5-3-10)15(16,17)18/h2-5,19H,6-9H2,1H3. The number of esters is 1. The minimum Gasteiger partial charge on any atom is -0.466 e. The summed E-state index contributed by atoms with van der Waals surface area (Å²) in [6, 6.07) is 4.86. The van der Waals surface area contributed by atoms with Crippen LogP contribution in [0.5, 0.6) is 0 Å². The van der Waals surface area contributed by atoms with Crippen LogP contribution in [0.4, 0.5) is 13.2 Å². The topological polar surface area (TPSA) is 47.6 Å². The molecule has 1 aliphatic rings. The summed E-state index contributed by atoms with van der Waals surface area (Å²) in [6.07, 6.45) is -3.90. The van der Waals surface area contributed by atoms with Gasteiger partial charge in [0.05, 0.1) is 31.5 Å². The molecule has 120 valence electrons. The van der Waals surface area contributed by atoms with E-state index in [1.54, 1.807) is 0 Å². The van der Waals surface area contributed by atoms with Gasteiger partial charge in [0.1, 0.15) is 0 Å². The molecule has 1 aromatic carbocycles. The first-order chi connectivity index (χ1) is 10.4. The number of methoxy groups -OCH3 is 1. The van der Waals surface area contributed by atoms with Gasteiger partial charge >= 0.3 is 12.1 Å². The molecular formula is C15H16F3NO3. The highest BCUT2D eigenvalue weighted by atomic mass is 19.4. The number of hydrogen-bond donors (Lipinski definition) is 1. The fourth-order valence-corrected chi connectivity index (χ4v) is 2.11. The van der Waals surface area contributed by atoms with E-state index in [4.69, 9.17) is 9.47 Å². The first kappa shape index (κ1) is 16.4. The average Bonchev–Trinajstić information content (AvgIpc) is 2.52. The molecule has 0 radical (unpaired) electrons. The van der Waals surface area contributed by atoms with Crippen molar-refractivity contribution in [2.45, 2.75) is 19.1 Å². The third kappa shape index (κ3) is 4.00. The fourth-order valence-electron chi connectivity index (χ4n) is 2.11. The smallest absolute Gasteiger partial charge is 0.416 e. The van der Waals surface area contributed by atoms with Gasteiger partial charge in [-0.25, -0.2) is 4.79 Å². The van der Waals surface area contributed by atoms with Gasteiger partial charge in [-0.3, -0.25) is 0 Å². The van der Waals surface area contributed by atoms with Crippen molar-refractivity contribution < 1.29 is 27.4 Å². The van der Waals surface area contributed by atoms with Crippen LogP contribution in [0.2, 0.25) is 0 Å². The molecule has 1 aliphatic heterocycles. The number of benzene rings is 1. The summed E-state index contributed by atoms with van der Waals surface area (Å²) >= 11 is 0.